The molecule has 2 aliphatic rings. The highest BCUT2D eigenvalue weighted by molar-refractivity contribution is 7.12. The lowest BCUT2D eigenvalue weighted by Crippen LogP contribution is -2.23. The fourth-order valence-corrected chi connectivity index (χ4v) is 6.08. The molecule has 3 aromatic rings. The van der Waals surface area contributed by atoms with Gasteiger partial charge in [-0.15, -0.1) is 11.3 Å². The first-order valence-electron chi connectivity index (χ1n) is 12.5. The van der Waals surface area contributed by atoms with Crippen LogP contribution in [0.2, 0.25) is 0 Å². The summed E-state index contributed by atoms with van der Waals surface area (Å²) >= 11 is 1.56. The van der Waals surface area contributed by atoms with Crippen molar-refractivity contribution in [2.45, 2.75) is 70.4 Å². The molecule has 1 fully saturated rings. The summed E-state index contributed by atoms with van der Waals surface area (Å²) in [6.07, 6.45) is 7.28. The molecule has 0 radical (unpaired) electrons. The highest BCUT2D eigenvalue weighted by Crippen LogP contribution is 2.50. The molecule has 2 aliphatic carbocycles. The van der Waals surface area contributed by atoms with Crippen LogP contribution in [0.1, 0.15) is 76.6 Å². The Labute approximate surface area is 209 Å². The van der Waals surface area contributed by atoms with Crippen LogP contribution in [0.15, 0.2) is 51.7 Å². The number of nitrogens with one attached hydrogen (secondary N) is 1. The number of alkyl carbamates (subject to hydrolysis) is 1. The minimum Gasteiger partial charge on any atom is -0.507 e. The Balaban J connectivity index is 1.30. The highest BCUT2D eigenvalue weighted by atomic mass is 32.1. The minimum absolute atomic E-state index is 0.146. The normalized spacial score (nSPS) is 16.6. The number of thiophene rings is 1. The van der Waals surface area contributed by atoms with E-state index in [4.69, 9.17) is 9.15 Å². The summed E-state index contributed by atoms with van der Waals surface area (Å²) in [6, 6.07) is 13.5. The standard InChI is InChI=1S/C28H31NO5S/c30-26-21-10-6-1-2-7-11-22(21)34-27(31)25(26)24(19-12-13-19)23-15-14-20(35-23)16-29-28(32)33-17-18-8-4-3-5-9-18/h3-5,8-9,14-15,19,24,30H,1-2,6-7,10-13,16-17H2,(H,29,32). The van der Waals surface area contributed by atoms with E-state index in [1.807, 2.05) is 42.5 Å². The van der Waals surface area contributed by atoms with Gasteiger partial charge in [-0.25, -0.2) is 9.59 Å². The Morgan fingerprint density at radius 2 is 1.86 bits per heavy atom. The molecule has 35 heavy (non-hydrogen) atoms. The fraction of sp³-hybridized carbons (Fsp3) is 0.429. The monoisotopic (exact) mass is 493 g/mol. The van der Waals surface area contributed by atoms with Crippen LogP contribution in [0.25, 0.3) is 0 Å². The van der Waals surface area contributed by atoms with Gasteiger partial charge >= 0.3 is 11.7 Å². The van der Waals surface area contributed by atoms with Crippen molar-refractivity contribution in [2.24, 2.45) is 5.92 Å². The van der Waals surface area contributed by atoms with Crippen LogP contribution in [0, 0.1) is 5.92 Å². The van der Waals surface area contributed by atoms with Gasteiger partial charge in [-0.1, -0.05) is 43.2 Å². The second kappa shape index (κ2) is 10.7. The summed E-state index contributed by atoms with van der Waals surface area (Å²) in [4.78, 5) is 27.2. The van der Waals surface area contributed by atoms with E-state index in [9.17, 15) is 14.7 Å². The Bertz CT molecular complexity index is 1230. The van der Waals surface area contributed by atoms with Gasteiger partial charge in [0, 0.05) is 27.7 Å². The van der Waals surface area contributed by atoms with Gasteiger partial charge in [0.15, 0.2) is 0 Å². The maximum Gasteiger partial charge on any atom is 0.407 e. The summed E-state index contributed by atoms with van der Waals surface area (Å²) < 4.78 is 11.1. The summed E-state index contributed by atoms with van der Waals surface area (Å²) in [5.41, 5.74) is 1.76. The topological polar surface area (TPSA) is 88.8 Å². The first kappa shape index (κ1) is 23.7. The van der Waals surface area contributed by atoms with Crippen molar-refractivity contribution in [3.05, 3.63) is 85.1 Å². The molecule has 0 aliphatic heterocycles. The summed E-state index contributed by atoms with van der Waals surface area (Å²) in [7, 11) is 0. The van der Waals surface area contributed by atoms with Gasteiger partial charge in [-0.05, 0) is 55.7 Å². The second-order valence-corrected chi connectivity index (χ2v) is 10.7. The van der Waals surface area contributed by atoms with Crippen LogP contribution in [0.4, 0.5) is 4.79 Å². The van der Waals surface area contributed by atoms with Crippen molar-refractivity contribution in [3.8, 4) is 5.75 Å². The molecule has 1 unspecified atom stereocenters. The Kier molecular flexibility index (Phi) is 7.23. The molecule has 2 N–H and O–H groups in total. The molecule has 2 heterocycles. The lowest BCUT2D eigenvalue weighted by molar-refractivity contribution is 0.139. The number of aryl methyl sites for hydroxylation is 1. The SMILES string of the molecule is O=C(NCc1ccc(C(c2c(O)c3c(oc2=O)CCCCCC3)C2CC2)s1)OCc1ccccc1. The van der Waals surface area contributed by atoms with Gasteiger partial charge in [0.2, 0.25) is 0 Å². The van der Waals surface area contributed by atoms with Gasteiger partial charge in [-0.3, -0.25) is 0 Å². The zero-order valence-corrected chi connectivity index (χ0v) is 20.6. The van der Waals surface area contributed by atoms with Gasteiger partial charge in [-0.2, -0.15) is 0 Å². The first-order valence-corrected chi connectivity index (χ1v) is 13.3. The van der Waals surface area contributed by atoms with Crippen LogP contribution < -0.4 is 10.9 Å². The van der Waals surface area contributed by atoms with E-state index in [0.717, 1.165) is 65.8 Å². The average Bonchev–Trinajstić information content (AvgIpc) is 3.57. The van der Waals surface area contributed by atoms with Crippen molar-refractivity contribution >= 4 is 17.4 Å². The van der Waals surface area contributed by atoms with E-state index >= 15 is 0 Å². The van der Waals surface area contributed by atoms with E-state index in [1.54, 1.807) is 11.3 Å². The van der Waals surface area contributed by atoms with Crippen LogP contribution in [0.5, 0.6) is 5.75 Å². The van der Waals surface area contributed by atoms with Crippen LogP contribution >= 0.6 is 11.3 Å². The predicted molar refractivity (Wildman–Crippen MR) is 135 cm³/mol. The summed E-state index contributed by atoms with van der Waals surface area (Å²) in [6.45, 7) is 0.569. The van der Waals surface area contributed by atoms with Gasteiger partial charge in [0.25, 0.3) is 0 Å². The molecule has 1 aromatic carbocycles. The molecule has 0 bridgehead atoms. The Morgan fingerprint density at radius 1 is 1.09 bits per heavy atom. The molecule has 184 valence electrons. The molecule has 1 saturated carbocycles. The number of rotatable bonds is 7. The number of ether oxygens (including phenoxy) is 1. The van der Waals surface area contributed by atoms with E-state index in [0.29, 0.717) is 30.2 Å². The number of hydrogen-bond donors (Lipinski definition) is 2. The number of hydrogen-bond acceptors (Lipinski definition) is 6. The van der Waals surface area contributed by atoms with Crippen molar-refractivity contribution in [1.29, 1.82) is 0 Å². The van der Waals surface area contributed by atoms with E-state index < -0.39 is 11.7 Å². The van der Waals surface area contributed by atoms with Crippen molar-refractivity contribution in [2.75, 3.05) is 0 Å². The van der Waals surface area contributed by atoms with Crippen molar-refractivity contribution in [3.63, 3.8) is 0 Å². The molecule has 1 amide bonds. The van der Waals surface area contributed by atoms with E-state index in [2.05, 4.69) is 5.32 Å². The first-order chi connectivity index (χ1) is 17.1. The highest BCUT2D eigenvalue weighted by Gasteiger charge is 2.39. The number of carbonyl (C=O) groups excluding carboxylic acids is 1. The molecule has 5 rings (SSSR count). The average molecular weight is 494 g/mol. The maximum atomic E-state index is 13.1. The van der Waals surface area contributed by atoms with Gasteiger partial charge in [0.1, 0.15) is 18.1 Å². The molecule has 7 heteroatoms. The van der Waals surface area contributed by atoms with Crippen molar-refractivity contribution < 1.29 is 19.1 Å². The maximum absolute atomic E-state index is 13.1. The molecule has 1 atom stereocenters. The number of carbonyl (C=O) groups is 1. The molecule has 6 nitrogen and oxygen atoms in total. The molecule has 2 aromatic heterocycles. The number of aromatic hydroxyl groups is 1. The van der Waals surface area contributed by atoms with Gasteiger partial charge < -0.3 is 19.6 Å². The summed E-state index contributed by atoms with van der Waals surface area (Å²) in [5, 5.41) is 14.1. The van der Waals surface area contributed by atoms with E-state index in [-0.39, 0.29) is 18.3 Å². The number of fused-ring (bicyclic) bond motifs is 1. The smallest absolute Gasteiger partial charge is 0.407 e. The van der Waals surface area contributed by atoms with Gasteiger partial charge in [0.05, 0.1) is 12.1 Å². The summed E-state index contributed by atoms with van der Waals surface area (Å²) in [5.74, 6) is 0.958. The quantitative estimate of drug-likeness (QED) is 0.419. The molecule has 0 saturated heterocycles. The third-order valence-corrected chi connectivity index (χ3v) is 8.08. The molecular weight excluding hydrogens is 462 g/mol. The lowest BCUT2D eigenvalue weighted by atomic mass is 9.89. The zero-order chi connectivity index (χ0) is 24.2. The lowest BCUT2D eigenvalue weighted by Gasteiger charge is -2.20. The van der Waals surface area contributed by atoms with Crippen LogP contribution in [-0.4, -0.2) is 11.2 Å². The Hall–Kier alpha value is -3.06. The zero-order valence-electron chi connectivity index (χ0n) is 19.8. The number of benzene rings is 1. The predicted octanol–water partition coefficient (Wildman–Crippen LogP) is 6.03. The van der Waals surface area contributed by atoms with E-state index in [1.165, 1.54) is 0 Å². The minimum atomic E-state index is -0.470. The van der Waals surface area contributed by atoms with Crippen LogP contribution in [0.3, 0.4) is 0 Å². The molecular formula is C28H31NO5S. The van der Waals surface area contributed by atoms with Crippen LogP contribution in [-0.2, 0) is 30.7 Å². The third-order valence-electron chi connectivity index (χ3n) is 6.91. The third kappa shape index (κ3) is 5.61. The van der Waals surface area contributed by atoms with Crippen molar-refractivity contribution in [1.82, 2.24) is 5.32 Å². The molecule has 0 spiro atoms. The number of amides is 1. The largest absolute Gasteiger partial charge is 0.507 e. The Morgan fingerprint density at radius 3 is 2.63 bits per heavy atom. The second-order valence-electron chi connectivity index (χ2n) is 9.50. The fourth-order valence-electron chi connectivity index (χ4n) is 4.92.